The lowest BCUT2D eigenvalue weighted by molar-refractivity contribution is -0.162. The van der Waals surface area contributed by atoms with Crippen LogP contribution >= 0.6 is 0 Å². The van der Waals surface area contributed by atoms with Crippen LogP contribution in [0, 0.1) is 17.3 Å². The van der Waals surface area contributed by atoms with Gasteiger partial charge in [-0.2, -0.15) is 0 Å². The van der Waals surface area contributed by atoms with Crippen molar-refractivity contribution >= 4 is 16.9 Å². The Morgan fingerprint density at radius 2 is 1.70 bits per heavy atom. The summed E-state index contributed by atoms with van der Waals surface area (Å²) in [5.41, 5.74) is 2.84. The van der Waals surface area contributed by atoms with E-state index in [2.05, 4.69) is 43.7 Å². The largest absolute Gasteiger partial charge is 0.491 e. The smallest absolute Gasteiger partial charge is 0.312 e. The number of nitrogens with zero attached hydrogens (tertiary/aromatic N) is 1. The van der Waals surface area contributed by atoms with Gasteiger partial charge in [0.15, 0.2) is 0 Å². The van der Waals surface area contributed by atoms with Crippen molar-refractivity contribution in [2.45, 2.75) is 47.1 Å². The van der Waals surface area contributed by atoms with Crippen molar-refractivity contribution < 1.29 is 19.4 Å². The molecule has 1 N–H and O–H groups in total. The van der Waals surface area contributed by atoms with Gasteiger partial charge in [0.05, 0.1) is 5.41 Å². The average Bonchev–Trinajstić information content (AvgIpc) is 3.12. The minimum absolute atomic E-state index is 0.0588. The molecule has 0 radical (unpaired) electrons. The van der Waals surface area contributed by atoms with Gasteiger partial charge in [0, 0.05) is 23.6 Å². The van der Waals surface area contributed by atoms with E-state index in [1.54, 1.807) is 0 Å². The van der Waals surface area contributed by atoms with E-state index in [1.807, 2.05) is 57.2 Å². The maximum atomic E-state index is 12.7. The van der Waals surface area contributed by atoms with Crippen molar-refractivity contribution in [3.8, 4) is 17.0 Å². The zero-order chi connectivity index (χ0) is 24.2. The van der Waals surface area contributed by atoms with Crippen LogP contribution in [-0.4, -0.2) is 35.0 Å². The van der Waals surface area contributed by atoms with Gasteiger partial charge in [0.1, 0.15) is 25.1 Å². The highest BCUT2D eigenvalue weighted by Gasteiger charge is 2.38. The molecular weight excluding hydrogens is 414 g/mol. The molecule has 178 valence electrons. The van der Waals surface area contributed by atoms with E-state index < -0.39 is 11.5 Å². The van der Waals surface area contributed by atoms with Gasteiger partial charge in [0.25, 0.3) is 0 Å². The number of aliphatic hydroxyl groups excluding tert-OH is 1. The fraction of sp³-hybridized carbons (Fsp3) is 0.464. The number of aliphatic hydroxyl groups is 1. The van der Waals surface area contributed by atoms with Crippen LogP contribution in [0.15, 0.2) is 54.6 Å². The minimum atomic E-state index is -0.887. The maximum absolute atomic E-state index is 12.7. The molecular formula is C28H37NO4. The lowest BCUT2D eigenvalue weighted by Gasteiger charge is -2.33. The SMILES string of the molecule is CC(C)CC(C)(C(=O)OCC(O)COc1ccc(-c2cc3ccccc3n2C)cc1)C(C)C. The Bertz CT molecular complexity index is 1070. The molecule has 0 amide bonds. The second kappa shape index (κ2) is 10.4. The number of carbonyl (C=O) groups excluding carboxylic acids is 1. The number of aryl methyl sites for hydroxylation is 1. The first-order chi connectivity index (χ1) is 15.6. The lowest BCUT2D eigenvalue weighted by atomic mass is 9.73. The number of aromatic nitrogens is 1. The Labute approximate surface area is 197 Å². The van der Waals surface area contributed by atoms with E-state index in [-0.39, 0.29) is 25.1 Å². The van der Waals surface area contributed by atoms with E-state index in [1.165, 1.54) is 10.9 Å². The maximum Gasteiger partial charge on any atom is 0.312 e. The summed E-state index contributed by atoms with van der Waals surface area (Å²) in [5, 5.41) is 11.5. The summed E-state index contributed by atoms with van der Waals surface area (Å²) in [6.45, 7) is 10.2. The molecule has 2 unspecified atom stereocenters. The Hall–Kier alpha value is -2.79. The fourth-order valence-corrected chi connectivity index (χ4v) is 4.27. The van der Waals surface area contributed by atoms with Gasteiger partial charge < -0.3 is 19.1 Å². The van der Waals surface area contributed by atoms with E-state index in [9.17, 15) is 9.90 Å². The third kappa shape index (κ3) is 5.77. The van der Waals surface area contributed by atoms with Gasteiger partial charge in [-0.1, -0.05) is 45.9 Å². The average molecular weight is 452 g/mol. The van der Waals surface area contributed by atoms with Crippen molar-refractivity contribution in [3.05, 3.63) is 54.6 Å². The Morgan fingerprint density at radius 3 is 2.30 bits per heavy atom. The number of benzene rings is 2. The predicted octanol–water partition coefficient (Wildman–Crippen LogP) is 5.84. The Kier molecular flexibility index (Phi) is 7.85. The molecule has 0 saturated carbocycles. The standard InChI is InChI=1S/C28H37NO4/c1-19(2)16-28(5,20(3)4)27(31)33-18-23(30)17-32-24-13-11-21(12-14-24)26-15-22-9-7-8-10-25(22)29(26)6/h7-15,19-20,23,30H,16-18H2,1-6H3. The number of carbonyl (C=O) groups is 1. The van der Waals surface area contributed by atoms with Crippen molar-refractivity contribution in [1.82, 2.24) is 4.57 Å². The molecule has 0 fully saturated rings. The summed E-state index contributed by atoms with van der Waals surface area (Å²) in [7, 11) is 2.06. The van der Waals surface area contributed by atoms with Crippen LogP contribution in [0.4, 0.5) is 0 Å². The van der Waals surface area contributed by atoms with Crippen LogP contribution in [0.5, 0.6) is 5.75 Å². The molecule has 0 aliphatic rings. The highest BCUT2D eigenvalue weighted by atomic mass is 16.5. The van der Waals surface area contributed by atoms with E-state index >= 15 is 0 Å². The number of esters is 1. The molecule has 0 bridgehead atoms. The molecule has 0 aliphatic heterocycles. The first-order valence-electron chi connectivity index (χ1n) is 11.7. The highest BCUT2D eigenvalue weighted by molar-refractivity contribution is 5.87. The van der Waals surface area contributed by atoms with Gasteiger partial charge in [-0.05, 0) is 67.1 Å². The minimum Gasteiger partial charge on any atom is -0.491 e. The number of hydrogen-bond acceptors (Lipinski definition) is 4. The topological polar surface area (TPSA) is 60.7 Å². The Morgan fingerprint density at radius 1 is 1.03 bits per heavy atom. The summed E-state index contributed by atoms with van der Waals surface area (Å²) >= 11 is 0. The number of ether oxygens (including phenoxy) is 2. The second-order valence-corrected chi connectivity index (χ2v) is 9.91. The van der Waals surface area contributed by atoms with Crippen LogP contribution in [0.3, 0.4) is 0 Å². The molecule has 3 aromatic rings. The summed E-state index contributed by atoms with van der Waals surface area (Å²) in [4.78, 5) is 12.7. The van der Waals surface area contributed by atoms with Gasteiger partial charge in [0.2, 0.25) is 0 Å². The van der Waals surface area contributed by atoms with E-state index in [0.717, 1.165) is 17.7 Å². The Balaban J connectivity index is 1.54. The van der Waals surface area contributed by atoms with Crippen LogP contribution < -0.4 is 4.74 Å². The zero-order valence-electron chi connectivity index (χ0n) is 20.7. The van der Waals surface area contributed by atoms with E-state index in [0.29, 0.717) is 11.7 Å². The first kappa shape index (κ1) is 24.8. The predicted molar refractivity (Wildman–Crippen MR) is 133 cm³/mol. The number of hydrogen-bond donors (Lipinski definition) is 1. The van der Waals surface area contributed by atoms with Gasteiger partial charge >= 0.3 is 5.97 Å². The van der Waals surface area contributed by atoms with Gasteiger partial charge in [-0.25, -0.2) is 0 Å². The van der Waals surface area contributed by atoms with Crippen molar-refractivity contribution in [2.75, 3.05) is 13.2 Å². The van der Waals surface area contributed by atoms with Crippen LogP contribution in [0.2, 0.25) is 0 Å². The molecule has 5 nitrogen and oxygen atoms in total. The molecule has 5 heteroatoms. The number of fused-ring (bicyclic) bond motifs is 1. The molecule has 1 heterocycles. The second-order valence-electron chi connectivity index (χ2n) is 9.91. The molecule has 0 aliphatic carbocycles. The van der Waals surface area contributed by atoms with Crippen molar-refractivity contribution in [3.63, 3.8) is 0 Å². The van der Waals surface area contributed by atoms with Crippen LogP contribution in [0.1, 0.15) is 41.0 Å². The highest BCUT2D eigenvalue weighted by Crippen LogP contribution is 2.35. The summed E-state index contributed by atoms with van der Waals surface area (Å²) in [6.07, 6.45) is -0.138. The van der Waals surface area contributed by atoms with Gasteiger partial charge in [-0.3, -0.25) is 4.79 Å². The quantitative estimate of drug-likeness (QED) is 0.394. The normalized spacial score (nSPS) is 14.5. The first-order valence-corrected chi connectivity index (χ1v) is 11.7. The zero-order valence-corrected chi connectivity index (χ0v) is 20.7. The molecule has 0 spiro atoms. The molecule has 2 aromatic carbocycles. The van der Waals surface area contributed by atoms with Gasteiger partial charge in [-0.15, -0.1) is 0 Å². The number of rotatable bonds is 10. The molecule has 2 atom stereocenters. The third-order valence-electron chi connectivity index (χ3n) is 6.52. The number of para-hydroxylation sites is 1. The summed E-state index contributed by atoms with van der Waals surface area (Å²) < 4.78 is 13.4. The monoisotopic (exact) mass is 451 g/mol. The summed E-state index contributed by atoms with van der Waals surface area (Å²) in [5.74, 6) is 0.940. The van der Waals surface area contributed by atoms with Crippen molar-refractivity contribution in [1.29, 1.82) is 0 Å². The molecule has 1 aromatic heterocycles. The van der Waals surface area contributed by atoms with E-state index in [4.69, 9.17) is 9.47 Å². The van der Waals surface area contributed by atoms with Crippen LogP contribution in [0.25, 0.3) is 22.2 Å². The molecule has 0 saturated heterocycles. The lowest BCUT2D eigenvalue weighted by Crippen LogP contribution is -2.38. The molecule has 3 rings (SSSR count). The fourth-order valence-electron chi connectivity index (χ4n) is 4.27. The van der Waals surface area contributed by atoms with Crippen LogP contribution in [-0.2, 0) is 16.6 Å². The summed E-state index contributed by atoms with van der Waals surface area (Å²) in [6, 6.07) is 18.3. The molecule has 33 heavy (non-hydrogen) atoms. The van der Waals surface area contributed by atoms with Crippen molar-refractivity contribution in [2.24, 2.45) is 24.3 Å². The third-order valence-corrected chi connectivity index (χ3v) is 6.52.